The van der Waals surface area contributed by atoms with E-state index in [4.69, 9.17) is 0 Å². The van der Waals surface area contributed by atoms with Gasteiger partial charge < -0.3 is 46.6 Å². The van der Waals surface area contributed by atoms with Crippen molar-refractivity contribution in [2.24, 2.45) is 10.8 Å². The van der Waals surface area contributed by atoms with Gasteiger partial charge in [-0.2, -0.15) is 0 Å². The highest BCUT2D eigenvalue weighted by atomic mass is 16.2. The van der Waals surface area contributed by atoms with E-state index < -0.39 is 71.0 Å². The van der Waals surface area contributed by atoms with E-state index in [-0.39, 0.29) is 68.1 Å². The van der Waals surface area contributed by atoms with Gasteiger partial charge in [-0.25, -0.2) is 0 Å². The van der Waals surface area contributed by atoms with Crippen LogP contribution in [0.25, 0.3) is 0 Å². The van der Waals surface area contributed by atoms with Crippen molar-refractivity contribution in [2.45, 2.75) is 162 Å². The van der Waals surface area contributed by atoms with Gasteiger partial charge in [0.25, 0.3) is 5.91 Å². The zero-order valence-corrected chi connectivity index (χ0v) is 46.9. The van der Waals surface area contributed by atoms with Gasteiger partial charge in [-0.3, -0.25) is 33.6 Å². The minimum absolute atomic E-state index is 0.0452. The van der Waals surface area contributed by atoms with Crippen LogP contribution in [0.15, 0.2) is 103 Å². The molecule has 2 heterocycles. The molecule has 412 valence electrons. The molecule has 6 N–H and O–H groups in total. The minimum Gasteiger partial charge on any atom is -0.347 e. The fraction of sp³-hybridized carbons (Fsp3) is 0.492. The van der Waals surface area contributed by atoms with Gasteiger partial charge in [-0.05, 0) is 117 Å². The van der Waals surface area contributed by atoms with Crippen molar-refractivity contribution in [3.63, 3.8) is 0 Å². The number of likely N-dealkylation sites (tertiary alicyclic amines) is 1. The van der Waals surface area contributed by atoms with Crippen LogP contribution in [0.5, 0.6) is 0 Å². The van der Waals surface area contributed by atoms with Crippen LogP contribution in [-0.2, 0) is 54.7 Å². The molecule has 1 aliphatic carbocycles. The van der Waals surface area contributed by atoms with Crippen LogP contribution in [0.3, 0.4) is 0 Å². The Bertz CT molecular complexity index is 2770. The number of benzene rings is 4. The molecule has 0 spiro atoms. The average molecular weight is 1050 g/mol. The maximum Gasteiger partial charge on any atom is 0.251 e. The van der Waals surface area contributed by atoms with Crippen molar-refractivity contribution >= 4 is 41.4 Å². The van der Waals surface area contributed by atoms with Gasteiger partial charge in [0.2, 0.25) is 35.4 Å². The minimum atomic E-state index is -0.965. The smallest absolute Gasteiger partial charge is 0.251 e. The lowest BCUT2D eigenvalue weighted by Crippen LogP contribution is -2.62. The Morgan fingerprint density at radius 3 is 1.77 bits per heavy atom. The van der Waals surface area contributed by atoms with Crippen LogP contribution in [0.4, 0.5) is 0 Å². The molecule has 77 heavy (non-hydrogen) atoms. The Kier molecular flexibility index (Phi) is 18.5. The monoisotopic (exact) mass is 1050 g/mol. The molecule has 4 aromatic carbocycles. The number of nitrogens with zero attached hydrogens (tertiary/aromatic N) is 3. The summed E-state index contributed by atoms with van der Waals surface area (Å²) in [6.07, 6.45) is 3.01. The quantitative estimate of drug-likeness (QED) is 0.0745. The van der Waals surface area contributed by atoms with E-state index in [1.165, 1.54) is 10.5 Å². The number of likely N-dealkylation sites (N-methyl/N-ethyl adjacent to an activating group) is 2. The van der Waals surface area contributed by atoms with E-state index in [2.05, 4.69) is 38.0 Å². The van der Waals surface area contributed by atoms with Crippen LogP contribution < -0.4 is 31.9 Å². The van der Waals surface area contributed by atoms with E-state index in [1.54, 1.807) is 49.9 Å². The molecule has 7 unspecified atom stereocenters. The van der Waals surface area contributed by atoms with E-state index in [1.807, 2.05) is 133 Å². The number of fused-ring (bicyclic) bond motifs is 2. The predicted octanol–water partition coefficient (Wildman–Crippen LogP) is 5.90. The largest absolute Gasteiger partial charge is 0.347 e. The summed E-state index contributed by atoms with van der Waals surface area (Å²) >= 11 is 0. The predicted molar refractivity (Wildman–Crippen MR) is 298 cm³/mol. The summed E-state index contributed by atoms with van der Waals surface area (Å²) in [6, 6.07) is 26.5. The average Bonchev–Trinajstić information content (AvgIpc) is 3.87. The zero-order chi connectivity index (χ0) is 55.9. The fourth-order valence-electron chi connectivity index (χ4n) is 10.7. The highest BCUT2D eigenvalue weighted by Gasteiger charge is 2.47. The fourth-order valence-corrected chi connectivity index (χ4v) is 10.7. The van der Waals surface area contributed by atoms with Gasteiger partial charge in [0, 0.05) is 37.7 Å². The third kappa shape index (κ3) is 13.6. The number of amides is 7. The first-order chi connectivity index (χ1) is 36.5. The summed E-state index contributed by atoms with van der Waals surface area (Å²) in [5.41, 5.74) is 4.72. The zero-order valence-electron chi connectivity index (χ0n) is 46.9. The summed E-state index contributed by atoms with van der Waals surface area (Å²) in [4.78, 5) is 105. The summed E-state index contributed by atoms with van der Waals surface area (Å²) < 4.78 is 0. The highest BCUT2D eigenvalue weighted by Crippen LogP contribution is 2.34. The molecule has 2 aliphatic heterocycles. The van der Waals surface area contributed by atoms with Crippen LogP contribution in [0.2, 0.25) is 0 Å². The highest BCUT2D eigenvalue weighted by molar-refractivity contribution is 5.97. The number of nitrogens with one attached hydrogen (secondary N) is 6. The third-order valence-corrected chi connectivity index (χ3v) is 15.8. The van der Waals surface area contributed by atoms with E-state index >= 15 is 4.79 Å². The van der Waals surface area contributed by atoms with E-state index in [0.717, 1.165) is 47.1 Å². The maximum absolute atomic E-state index is 15.5. The second kappa shape index (κ2) is 24.6. The van der Waals surface area contributed by atoms with E-state index in [0.29, 0.717) is 5.56 Å². The Balaban J connectivity index is 1.14. The van der Waals surface area contributed by atoms with Crippen molar-refractivity contribution in [1.82, 2.24) is 46.6 Å². The Labute approximate surface area is 455 Å². The summed E-state index contributed by atoms with van der Waals surface area (Å²) in [7, 11) is 3.35. The van der Waals surface area contributed by atoms with Crippen LogP contribution in [-0.4, -0.2) is 119 Å². The second-order valence-electron chi connectivity index (χ2n) is 23.4. The van der Waals surface area contributed by atoms with Gasteiger partial charge in [-0.1, -0.05) is 133 Å². The molecule has 7 amide bonds. The lowest BCUT2D eigenvalue weighted by molar-refractivity contribution is -0.152. The van der Waals surface area contributed by atoms with Crippen molar-refractivity contribution in [2.75, 3.05) is 20.6 Å². The summed E-state index contributed by atoms with van der Waals surface area (Å²) in [5, 5.41) is 18.2. The Hall–Kier alpha value is -6.91. The normalized spacial score (nSPS) is 20.2. The molecule has 16 heteroatoms. The second-order valence-corrected chi connectivity index (χ2v) is 23.4. The first kappa shape index (κ1) is 57.8. The molecular weight excluding hydrogens is 971 g/mol. The van der Waals surface area contributed by atoms with Gasteiger partial charge in [0.05, 0.1) is 24.2 Å². The molecule has 0 aromatic heterocycles. The first-order valence-corrected chi connectivity index (χ1v) is 27.3. The van der Waals surface area contributed by atoms with Gasteiger partial charge >= 0.3 is 0 Å². The lowest BCUT2D eigenvalue weighted by atomic mass is 9.84. The topological polar surface area (TPSA) is 201 Å². The Morgan fingerprint density at radius 1 is 0.636 bits per heavy atom. The molecule has 0 bridgehead atoms. The summed E-state index contributed by atoms with van der Waals surface area (Å²) in [5.74, 6) is -2.40. The standard InChI is InChI=1S/C61H81N9O7/c1-37(62-10)53(71)66-51(60(4,5)6)58(76)69-35-45-24-16-15-23-44(45)32-50(69)57(75)68(39(3)41-20-13-12-14-21-41)34-40-28-30-43(31-29-40)55(73)64-46-33-49(56(74)65-48-27-19-25-42-22-17-18-26-47(42)48)70(36-46)59(77)52(61(7,8)9)67-54(72)38(2)63-11/h12-18,20-24,26,28-31,37-39,46,48-52,62-63H,19,25,27,32-36H2,1-11H3,(H,64,73)(H,65,74)(H,66,71)(H,67,72)/t37-,38-,39?,46?,48?,49?,50?,51?,52?/m0/s1. The molecule has 7 rings (SSSR count). The number of rotatable bonds is 17. The first-order valence-electron chi connectivity index (χ1n) is 27.3. The number of carbonyl (C=O) groups is 7. The Morgan fingerprint density at radius 2 is 1.18 bits per heavy atom. The number of carbonyl (C=O) groups excluding carboxylic acids is 7. The molecule has 9 atom stereocenters. The third-order valence-electron chi connectivity index (χ3n) is 15.8. The van der Waals surface area contributed by atoms with Crippen LogP contribution in [0.1, 0.15) is 137 Å². The molecule has 4 aromatic rings. The number of hydrogen-bond acceptors (Lipinski definition) is 9. The molecule has 1 saturated heterocycles. The number of hydrogen-bond donors (Lipinski definition) is 6. The lowest BCUT2D eigenvalue weighted by Gasteiger charge is -2.43. The van der Waals surface area contributed by atoms with Crippen molar-refractivity contribution in [3.8, 4) is 0 Å². The molecule has 3 aliphatic rings. The SMILES string of the molecule is CN[C@@H](C)C(=O)NC(C(=O)N1CC(NC(=O)c2ccc(CN(C(=O)C3Cc4ccccc4CN3C(=O)C(NC(=O)[C@H](C)NC)C(C)(C)C)C(C)c3ccccc3)cc2)CC1C(=O)NC1CCCc2ccccc21)C(C)(C)C. The molecule has 1 fully saturated rings. The molecule has 0 saturated carbocycles. The number of aryl methyl sites for hydroxylation is 1. The van der Waals surface area contributed by atoms with Crippen LogP contribution in [0, 0.1) is 10.8 Å². The van der Waals surface area contributed by atoms with Crippen molar-refractivity contribution < 1.29 is 33.6 Å². The molecular formula is C61H81N9O7. The van der Waals surface area contributed by atoms with Crippen molar-refractivity contribution in [1.29, 1.82) is 0 Å². The van der Waals surface area contributed by atoms with Gasteiger partial charge in [0.15, 0.2) is 0 Å². The van der Waals surface area contributed by atoms with Gasteiger partial charge in [0.1, 0.15) is 24.2 Å². The van der Waals surface area contributed by atoms with Crippen LogP contribution >= 0.6 is 0 Å². The maximum atomic E-state index is 15.5. The molecule has 0 radical (unpaired) electrons. The van der Waals surface area contributed by atoms with Crippen molar-refractivity contribution in [3.05, 3.63) is 142 Å². The van der Waals surface area contributed by atoms with E-state index in [9.17, 15) is 28.8 Å². The summed E-state index contributed by atoms with van der Waals surface area (Å²) in [6.45, 7) is 17.1. The molecule has 16 nitrogen and oxygen atoms in total. The van der Waals surface area contributed by atoms with Gasteiger partial charge in [-0.15, -0.1) is 0 Å².